The molecule has 1 fully saturated rings. The summed E-state index contributed by atoms with van der Waals surface area (Å²) in [7, 11) is 0. The quantitative estimate of drug-likeness (QED) is 0.537. The van der Waals surface area contributed by atoms with Crippen LogP contribution in [0.4, 0.5) is 0 Å². The zero-order valence-electron chi connectivity index (χ0n) is 19.6. The Bertz CT molecular complexity index is 1180. The molecule has 0 aliphatic carbocycles. The van der Waals surface area contributed by atoms with Gasteiger partial charge in [-0.15, -0.1) is 0 Å². The molecule has 1 aromatic carbocycles. The lowest BCUT2D eigenvalue weighted by molar-refractivity contribution is -0.0107. The summed E-state index contributed by atoms with van der Waals surface area (Å²) in [6, 6.07) is 11.5. The molecule has 2 aromatic heterocycles. The van der Waals surface area contributed by atoms with Crippen molar-refractivity contribution < 1.29 is 9.90 Å². The van der Waals surface area contributed by atoms with Gasteiger partial charge in [0.25, 0.3) is 5.91 Å². The molecule has 1 saturated heterocycles. The summed E-state index contributed by atoms with van der Waals surface area (Å²) in [4.78, 5) is 23.6. The Kier molecular flexibility index (Phi) is 6.30. The predicted octanol–water partition coefficient (Wildman–Crippen LogP) is 5.75. The van der Waals surface area contributed by atoms with Gasteiger partial charge in [-0.05, 0) is 55.7 Å². The maximum atomic E-state index is 13.0. The van der Waals surface area contributed by atoms with Gasteiger partial charge >= 0.3 is 0 Å². The summed E-state index contributed by atoms with van der Waals surface area (Å²) in [6.07, 6.45) is 6.93. The molecule has 4 rings (SSSR count). The fourth-order valence-corrected chi connectivity index (χ4v) is 4.51. The lowest BCUT2D eigenvalue weighted by Gasteiger charge is -2.36. The van der Waals surface area contributed by atoms with E-state index in [9.17, 15) is 9.90 Å². The van der Waals surface area contributed by atoms with E-state index in [2.05, 4.69) is 42.9 Å². The SMILES string of the molecule is CC1(O)CCCN(C(=O)c2ccc(-c3cncc(-c4ccnc(C(C)(C)C)c4)c3)c(Cl)c2)C1. The van der Waals surface area contributed by atoms with E-state index < -0.39 is 5.60 Å². The first-order chi connectivity index (χ1) is 15.5. The van der Waals surface area contributed by atoms with Crippen molar-refractivity contribution in [3.05, 3.63) is 71.3 Å². The molecule has 0 saturated carbocycles. The molecule has 1 amide bonds. The van der Waals surface area contributed by atoms with Gasteiger partial charge in [-0.25, -0.2) is 0 Å². The van der Waals surface area contributed by atoms with Crippen LogP contribution in [0.25, 0.3) is 22.3 Å². The minimum absolute atomic E-state index is 0.0471. The molecule has 3 heterocycles. The third-order valence-corrected chi connectivity index (χ3v) is 6.40. The second-order valence-electron chi connectivity index (χ2n) is 10.2. The first-order valence-corrected chi connectivity index (χ1v) is 11.6. The van der Waals surface area contributed by atoms with Gasteiger partial charge in [0.2, 0.25) is 0 Å². The Labute approximate surface area is 200 Å². The van der Waals surface area contributed by atoms with Crippen molar-refractivity contribution >= 4 is 17.5 Å². The number of likely N-dealkylation sites (tertiary alicyclic amines) is 1. The van der Waals surface area contributed by atoms with Crippen molar-refractivity contribution in [3.8, 4) is 22.3 Å². The van der Waals surface area contributed by atoms with E-state index in [0.29, 0.717) is 30.1 Å². The number of hydrogen-bond donors (Lipinski definition) is 1. The fourth-order valence-electron chi connectivity index (χ4n) is 4.22. The summed E-state index contributed by atoms with van der Waals surface area (Å²) in [6.45, 7) is 9.17. The number of nitrogens with zero attached hydrogens (tertiary/aromatic N) is 3. The number of β-amino-alcohol motifs (C(OH)–C–C–N with tert-alkyl or cyclic N) is 1. The first-order valence-electron chi connectivity index (χ1n) is 11.3. The predicted molar refractivity (Wildman–Crippen MR) is 132 cm³/mol. The Morgan fingerprint density at radius 1 is 1.09 bits per heavy atom. The Hall–Kier alpha value is -2.76. The number of aromatic nitrogens is 2. The van der Waals surface area contributed by atoms with E-state index in [4.69, 9.17) is 11.6 Å². The molecule has 0 radical (unpaired) electrons. The maximum absolute atomic E-state index is 13.0. The minimum Gasteiger partial charge on any atom is -0.388 e. The van der Waals surface area contributed by atoms with Crippen molar-refractivity contribution in [2.75, 3.05) is 13.1 Å². The number of hydrogen-bond acceptors (Lipinski definition) is 4. The average molecular weight is 464 g/mol. The highest BCUT2D eigenvalue weighted by Gasteiger charge is 2.31. The number of pyridine rings is 2. The highest BCUT2D eigenvalue weighted by molar-refractivity contribution is 6.33. The topological polar surface area (TPSA) is 66.3 Å². The van der Waals surface area contributed by atoms with E-state index >= 15 is 0 Å². The van der Waals surface area contributed by atoms with Crippen molar-refractivity contribution in [2.45, 2.75) is 51.6 Å². The van der Waals surface area contributed by atoms with Crippen molar-refractivity contribution in [3.63, 3.8) is 0 Å². The number of piperidine rings is 1. The number of aliphatic hydroxyl groups is 1. The largest absolute Gasteiger partial charge is 0.388 e. The molecule has 172 valence electrons. The molecule has 1 N–H and O–H groups in total. The summed E-state index contributed by atoms with van der Waals surface area (Å²) >= 11 is 6.63. The Morgan fingerprint density at radius 2 is 1.85 bits per heavy atom. The maximum Gasteiger partial charge on any atom is 0.254 e. The van der Waals surface area contributed by atoms with Gasteiger partial charge in [-0.2, -0.15) is 0 Å². The van der Waals surface area contributed by atoms with Crippen LogP contribution in [0.5, 0.6) is 0 Å². The van der Waals surface area contributed by atoms with Crippen molar-refractivity contribution in [2.24, 2.45) is 0 Å². The van der Waals surface area contributed by atoms with Crippen LogP contribution in [0.3, 0.4) is 0 Å². The number of carbonyl (C=O) groups excluding carboxylic acids is 1. The van der Waals surface area contributed by atoms with Crippen molar-refractivity contribution in [1.82, 2.24) is 14.9 Å². The number of rotatable bonds is 3. The lowest BCUT2D eigenvalue weighted by Crippen LogP contribution is -2.48. The molecule has 1 atom stereocenters. The molecule has 0 bridgehead atoms. The van der Waals surface area contributed by atoms with Crippen LogP contribution in [0, 0.1) is 0 Å². The summed E-state index contributed by atoms with van der Waals surface area (Å²) < 4.78 is 0. The van der Waals surface area contributed by atoms with E-state index in [1.807, 2.05) is 24.5 Å². The molecule has 0 spiro atoms. The summed E-state index contributed by atoms with van der Waals surface area (Å²) in [5.74, 6) is -0.109. The average Bonchev–Trinajstić information content (AvgIpc) is 2.77. The van der Waals surface area contributed by atoms with Gasteiger partial charge < -0.3 is 10.0 Å². The third kappa shape index (κ3) is 5.26. The molecule has 3 aromatic rings. The summed E-state index contributed by atoms with van der Waals surface area (Å²) in [5, 5.41) is 10.8. The second-order valence-corrected chi connectivity index (χ2v) is 10.6. The van der Waals surface area contributed by atoms with Gasteiger partial charge in [-0.3, -0.25) is 14.8 Å². The van der Waals surface area contributed by atoms with Crippen LogP contribution in [0.1, 0.15) is 56.6 Å². The highest BCUT2D eigenvalue weighted by atomic mass is 35.5. The molecule has 33 heavy (non-hydrogen) atoms. The highest BCUT2D eigenvalue weighted by Crippen LogP contribution is 2.33. The van der Waals surface area contributed by atoms with Gasteiger partial charge in [0.1, 0.15) is 0 Å². The van der Waals surface area contributed by atoms with Crippen LogP contribution < -0.4 is 0 Å². The monoisotopic (exact) mass is 463 g/mol. The van der Waals surface area contributed by atoms with E-state index in [0.717, 1.165) is 34.4 Å². The molecular weight excluding hydrogens is 434 g/mol. The van der Waals surface area contributed by atoms with Crippen LogP contribution in [0.2, 0.25) is 5.02 Å². The van der Waals surface area contributed by atoms with Crippen molar-refractivity contribution in [1.29, 1.82) is 0 Å². The molecule has 6 heteroatoms. The lowest BCUT2D eigenvalue weighted by atomic mass is 9.90. The number of amides is 1. The van der Waals surface area contributed by atoms with Crippen LogP contribution in [0.15, 0.2) is 55.0 Å². The molecule has 5 nitrogen and oxygen atoms in total. The van der Waals surface area contributed by atoms with E-state index in [1.165, 1.54) is 0 Å². The van der Waals surface area contributed by atoms with Gasteiger partial charge in [0, 0.05) is 70.1 Å². The van der Waals surface area contributed by atoms with Gasteiger partial charge in [0.05, 0.1) is 5.60 Å². The Balaban J connectivity index is 1.61. The number of carbonyl (C=O) groups is 1. The fraction of sp³-hybridized carbons (Fsp3) is 0.370. The van der Waals surface area contributed by atoms with Crippen LogP contribution in [-0.2, 0) is 5.41 Å². The first kappa shape index (κ1) is 23.4. The normalized spacial score (nSPS) is 18.9. The van der Waals surface area contributed by atoms with Crippen LogP contribution >= 0.6 is 11.6 Å². The smallest absolute Gasteiger partial charge is 0.254 e. The zero-order chi connectivity index (χ0) is 23.8. The molecule has 1 aliphatic rings. The van der Waals surface area contributed by atoms with Gasteiger partial charge in [0.15, 0.2) is 0 Å². The van der Waals surface area contributed by atoms with E-state index in [-0.39, 0.29) is 11.3 Å². The third-order valence-electron chi connectivity index (χ3n) is 6.09. The summed E-state index contributed by atoms with van der Waals surface area (Å²) in [5.41, 5.74) is 4.37. The molecule has 1 aliphatic heterocycles. The molecule has 1 unspecified atom stereocenters. The second kappa shape index (κ2) is 8.88. The zero-order valence-corrected chi connectivity index (χ0v) is 20.4. The van der Waals surface area contributed by atoms with Crippen LogP contribution in [-0.4, -0.2) is 44.6 Å². The number of halogens is 1. The minimum atomic E-state index is -0.844. The molecular formula is C27H30ClN3O2. The number of benzene rings is 1. The Morgan fingerprint density at radius 3 is 2.55 bits per heavy atom. The standard InChI is InChI=1S/C27H30ClN3O2/c1-26(2,3)24-14-18(8-10-30-24)20-12-21(16-29-15-20)22-7-6-19(13-23(22)28)25(32)31-11-5-9-27(4,33)17-31/h6-8,10,12-16,33H,5,9,11,17H2,1-4H3. The van der Waals surface area contributed by atoms with Gasteiger partial charge in [-0.1, -0.05) is 38.4 Å². The van der Waals surface area contributed by atoms with E-state index in [1.54, 1.807) is 30.2 Å².